The van der Waals surface area contributed by atoms with Crippen LogP contribution < -0.4 is 0 Å². The average Bonchev–Trinajstić information content (AvgIpc) is 2.02. The number of rotatable bonds is 6. The molecule has 0 aliphatic heterocycles. The molecule has 0 fully saturated rings. The van der Waals surface area contributed by atoms with E-state index in [9.17, 15) is 0 Å². The van der Waals surface area contributed by atoms with Crippen molar-refractivity contribution in [3.05, 3.63) is 5.92 Å². The minimum Gasteiger partial charge on any atom is -0.0628 e. The first kappa shape index (κ1) is 13.0. The van der Waals surface area contributed by atoms with Gasteiger partial charge in [-0.2, -0.15) is 0 Å². The SMILES string of the molecule is C[C](C(C)C)C(C)CCCC(C)C. The van der Waals surface area contributed by atoms with E-state index in [1.54, 1.807) is 5.92 Å². The standard InChI is InChI=1S/C13H27/c1-10(2)8-7-9-12(5)13(6)11(3)4/h10-12H,7-9H2,1-6H3. The Bertz CT molecular complexity index is 113. The van der Waals surface area contributed by atoms with Crippen LogP contribution in [0.15, 0.2) is 0 Å². The zero-order chi connectivity index (χ0) is 10.4. The molecular formula is C13H27. The molecule has 13 heavy (non-hydrogen) atoms. The summed E-state index contributed by atoms with van der Waals surface area (Å²) in [6, 6.07) is 0. The maximum absolute atomic E-state index is 2.37. The van der Waals surface area contributed by atoms with Gasteiger partial charge in [0.1, 0.15) is 0 Å². The van der Waals surface area contributed by atoms with Gasteiger partial charge in [0.2, 0.25) is 0 Å². The Morgan fingerprint density at radius 1 is 0.923 bits per heavy atom. The van der Waals surface area contributed by atoms with E-state index in [1.807, 2.05) is 0 Å². The summed E-state index contributed by atoms with van der Waals surface area (Å²) < 4.78 is 0. The number of hydrogen-bond donors (Lipinski definition) is 0. The molecule has 79 valence electrons. The van der Waals surface area contributed by atoms with Gasteiger partial charge in [0.05, 0.1) is 0 Å². The first-order valence-electron chi connectivity index (χ1n) is 5.78. The van der Waals surface area contributed by atoms with E-state index >= 15 is 0 Å². The van der Waals surface area contributed by atoms with Crippen molar-refractivity contribution in [2.45, 2.75) is 60.8 Å². The summed E-state index contributed by atoms with van der Waals surface area (Å²) in [6.07, 6.45) is 4.15. The lowest BCUT2D eigenvalue weighted by Gasteiger charge is -2.22. The van der Waals surface area contributed by atoms with Crippen LogP contribution in [0.4, 0.5) is 0 Å². The van der Waals surface area contributed by atoms with Crippen LogP contribution in [0.25, 0.3) is 0 Å². The highest BCUT2D eigenvalue weighted by Gasteiger charge is 2.15. The Balaban J connectivity index is 3.55. The van der Waals surface area contributed by atoms with Crippen LogP contribution in [0.1, 0.15) is 60.8 Å². The lowest BCUT2D eigenvalue weighted by atomic mass is 9.83. The molecule has 0 bridgehead atoms. The Morgan fingerprint density at radius 2 is 1.46 bits per heavy atom. The van der Waals surface area contributed by atoms with Gasteiger partial charge in [-0.05, 0) is 23.7 Å². The normalized spacial score (nSPS) is 14.5. The summed E-state index contributed by atoms with van der Waals surface area (Å²) in [6.45, 7) is 13.9. The van der Waals surface area contributed by atoms with Crippen molar-refractivity contribution < 1.29 is 0 Å². The van der Waals surface area contributed by atoms with Crippen LogP contribution in [-0.2, 0) is 0 Å². The average molecular weight is 183 g/mol. The van der Waals surface area contributed by atoms with Crippen molar-refractivity contribution >= 4 is 0 Å². The van der Waals surface area contributed by atoms with E-state index < -0.39 is 0 Å². The van der Waals surface area contributed by atoms with E-state index in [1.165, 1.54) is 19.3 Å². The van der Waals surface area contributed by atoms with Crippen molar-refractivity contribution in [2.75, 3.05) is 0 Å². The summed E-state index contributed by atoms with van der Waals surface area (Å²) in [7, 11) is 0. The van der Waals surface area contributed by atoms with Gasteiger partial charge in [0.15, 0.2) is 0 Å². The molecular weight excluding hydrogens is 156 g/mol. The molecule has 0 amide bonds. The van der Waals surface area contributed by atoms with E-state index in [2.05, 4.69) is 41.5 Å². The minimum absolute atomic E-state index is 0.758. The maximum atomic E-state index is 2.37. The van der Waals surface area contributed by atoms with Gasteiger partial charge >= 0.3 is 0 Å². The fourth-order valence-electron chi connectivity index (χ4n) is 1.63. The zero-order valence-electron chi connectivity index (χ0n) is 10.4. The largest absolute Gasteiger partial charge is 0.0628 e. The van der Waals surface area contributed by atoms with Crippen molar-refractivity contribution in [1.29, 1.82) is 0 Å². The molecule has 0 spiro atoms. The summed E-state index contributed by atoms with van der Waals surface area (Å²) >= 11 is 0. The smallest absolute Gasteiger partial charge is 0.0218 e. The van der Waals surface area contributed by atoms with Gasteiger partial charge in [-0.3, -0.25) is 0 Å². The first-order chi connectivity index (χ1) is 5.95. The Labute approximate surface area is 85.1 Å². The second kappa shape index (κ2) is 6.45. The summed E-state index contributed by atoms with van der Waals surface area (Å²) in [5, 5.41) is 0. The quantitative estimate of drug-likeness (QED) is 0.560. The van der Waals surface area contributed by atoms with E-state index in [0.29, 0.717) is 0 Å². The lowest BCUT2D eigenvalue weighted by molar-refractivity contribution is 0.425. The van der Waals surface area contributed by atoms with Gasteiger partial charge < -0.3 is 0 Å². The Hall–Kier alpha value is 0. The molecule has 0 N–H and O–H groups in total. The third-order valence-corrected chi connectivity index (χ3v) is 3.11. The van der Waals surface area contributed by atoms with Gasteiger partial charge in [-0.25, -0.2) is 0 Å². The monoisotopic (exact) mass is 183 g/mol. The minimum atomic E-state index is 0.758. The van der Waals surface area contributed by atoms with Gasteiger partial charge in [-0.15, -0.1) is 0 Å². The van der Waals surface area contributed by atoms with Gasteiger partial charge in [0, 0.05) is 0 Å². The predicted molar refractivity (Wildman–Crippen MR) is 61.6 cm³/mol. The molecule has 0 rings (SSSR count). The van der Waals surface area contributed by atoms with Crippen LogP contribution in [0.5, 0.6) is 0 Å². The van der Waals surface area contributed by atoms with Crippen LogP contribution in [-0.4, -0.2) is 0 Å². The summed E-state index contributed by atoms with van der Waals surface area (Å²) in [4.78, 5) is 0. The zero-order valence-corrected chi connectivity index (χ0v) is 10.4. The lowest BCUT2D eigenvalue weighted by Crippen LogP contribution is -2.12. The second-order valence-corrected chi connectivity index (χ2v) is 5.12. The highest BCUT2D eigenvalue weighted by atomic mass is 14.2. The molecule has 1 radical (unpaired) electrons. The summed E-state index contributed by atoms with van der Waals surface area (Å²) in [5.74, 6) is 4.11. The van der Waals surface area contributed by atoms with Crippen molar-refractivity contribution in [1.82, 2.24) is 0 Å². The van der Waals surface area contributed by atoms with Crippen LogP contribution >= 0.6 is 0 Å². The number of hydrogen-bond acceptors (Lipinski definition) is 0. The Kier molecular flexibility index (Phi) is 6.45. The molecule has 0 heterocycles. The highest BCUT2D eigenvalue weighted by molar-refractivity contribution is 4.92. The molecule has 1 atom stereocenters. The fourth-order valence-corrected chi connectivity index (χ4v) is 1.63. The van der Waals surface area contributed by atoms with Gasteiger partial charge in [-0.1, -0.05) is 60.8 Å². The topological polar surface area (TPSA) is 0 Å². The third-order valence-electron chi connectivity index (χ3n) is 3.11. The molecule has 0 nitrogen and oxygen atoms in total. The first-order valence-corrected chi connectivity index (χ1v) is 5.78. The molecule has 0 aromatic carbocycles. The maximum Gasteiger partial charge on any atom is -0.0218 e. The molecule has 0 saturated heterocycles. The molecule has 0 aromatic heterocycles. The van der Waals surface area contributed by atoms with Crippen molar-refractivity contribution in [3.63, 3.8) is 0 Å². The van der Waals surface area contributed by atoms with Crippen LogP contribution in [0, 0.1) is 23.7 Å². The summed E-state index contributed by atoms with van der Waals surface area (Å²) in [5.41, 5.74) is 0. The van der Waals surface area contributed by atoms with Crippen molar-refractivity contribution in [2.24, 2.45) is 17.8 Å². The van der Waals surface area contributed by atoms with Crippen LogP contribution in [0.3, 0.4) is 0 Å². The highest BCUT2D eigenvalue weighted by Crippen LogP contribution is 2.26. The molecule has 0 aromatic rings. The fraction of sp³-hybridized carbons (Fsp3) is 0.923. The molecule has 0 saturated carbocycles. The van der Waals surface area contributed by atoms with Crippen LogP contribution in [0.2, 0.25) is 0 Å². The predicted octanol–water partition coefficient (Wildman–Crippen LogP) is 4.70. The molecule has 0 heteroatoms. The van der Waals surface area contributed by atoms with Crippen molar-refractivity contribution in [3.8, 4) is 0 Å². The van der Waals surface area contributed by atoms with Gasteiger partial charge in [0.25, 0.3) is 0 Å². The third kappa shape index (κ3) is 6.12. The van der Waals surface area contributed by atoms with E-state index in [-0.39, 0.29) is 0 Å². The molecule has 1 unspecified atom stereocenters. The van der Waals surface area contributed by atoms with E-state index in [0.717, 1.165) is 17.8 Å². The second-order valence-electron chi connectivity index (χ2n) is 5.12. The molecule has 0 aliphatic carbocycles. The molecule has 0 aliphatic rings. The van der Waals surface area contributed by atoms with E-state index in [4.69, 9.17) is 0 Å². The Morgan fingerprint density at radius 3 is 1.85 bits per heavy atom.